The van der Waals surface area contributed by atoms with Crippen molar-refractivity contribution in [1.82, 2.24) is 4.90 Å². The average molecular weight is 222 g/mol. The quantitative estimate of drug-likeness (QED) is 0.823. The molecule has 0 radical (unpaired) electrons. The molecule has 16 heavy (non-hydrogen) atoms. The lowest BCUT2D eigenvalue weighted by Gasteiger charge is -2.29. The Kier molecular flexibility index (Phi) is 3.29. The molecule has 0 spiro atoms. The Hall–Kier alpha value is -1.29. The Morgan fingerprint density at radius 1 is 1.50 bits per heavy atom. The lowest BCUT2D eigenvalue weighted by molar-refractivity contribution is 0.0681. The molecule has 0 bridgehead atoms. The molecule has 2 heterocycles. The van der Waals surface area contributed by atoms with Crippen LogP contribution >= 0.6 is 0 Å². The second-order valence-electron chi connectivity index (χ2n) is 4.25. The van der Waals surface area contributed by atoms with Gasteiger partial charge in [0.15, 0.2) is 5.76 Å². The molecule has 1 aliphatic heterocycles. The highest BCUT2D eigenvalue weighted by Gasteiger charge is 2.23. The first-order valence-corrected chi connectivity index (χ1v) is 5.84. The minimum Gasteiger partial charge on any atom is -0.456 e. The van der Waals surface area contributed by atoms with Gasteiger partial charge < -0.3 is 15.1 Å². The maximum absolute atomic E-state index is 12.0. The first kappa shape index (κ1) is 11.2. The normalized spacial score (nSPS) is 17.8. The van der Waals surface area contributed by atoms with E-state index in [-0.39, 0.29) is 11.9 Å². The summed E-state index contributed by atoms with van der Waals surface area (Å²) in [4.78, 5) is 13.8. The van der Waals surface area contributed by atoms with Crippen LogP contribution in [-0.2, 0) is 6.42 Å². The molecule has 1 aromatic heterocycles. The Morgan fingerprint density at radius 3 is 2.75 bits per heavy atom. The number of amides is 1. The van der Waals surface area contributed by atoms with Gasteiger partial charge in [-0.3, -0.25) is 4.79 Å². The van der Waals surface area contributed by atoms with Crippen LogP contribution in [0.15, 0.2) is 16.5 Å². The van der Waals surface area contributed by atoms with Crippen molar-refractivity contribution >= 4 is 5.91 Å². The van der Waals surface area contributed by atoms with E-state index >= 15 is 0 Å². The van der Waals surface area contributed by atoms with Gasteiger partial charge in [-0.05, 0) is 25.0 Å². The maximum atomic E-state index is 12.0. The SMILES string of the molecule is CCc1ccc(C(=O)N2CCC(N)CC2)o1. The number of likely N-dealkylation sites (tertiary alicyclic amines) is 1. The lowest BCUT2D eigenvalue weighted by Crippen LogP contribution is -2.42. The summed E-state index contributed by atoms with van der Waals surface area (Å²) in [5, 5.41) is 0. The fourth-order valence-electron chi connectivity index (χ4n) is 1.94. The topological polar surface area (TPSA) is 59.5 Å². The second-order valence-corrected chi connectivity index (χ2v) is 4.25. The molecular weight excluding hydrogens is 204 g/mol. The van der Waals surface area contributed by atoms with Gasteiger partial charge in [0.05, 0.1) is 0 Å². The highest BCUT2D eigenvalue weighted by atomic mass is 16.4. The molecule has 4 heteroatoms. The van der Waals surface area contributed by atoms with Crippen molar-refractivity contribution in [2.45, 2.75) is 32.2 Å². The van der Waals surface area contributed by atoms with E-state index in [9.17, 15) is 4.79 Å². The number of piperidine rings is 1. The average Bonchev–Trinajstić information content (AvgIpc) is 2.77. The number of rotatable bonds is 2. The van der Waals surface area contributed by atoms with E-state index in [1.165, 1.54) is 0 Å². The van der Waals surface area contributed by atoms with Crippen LogP contribution in [0.4, 0.5) is 0 Å². The van der Waals surface area contributed by atoms with Gasteiger partial charge in [0.1, 0.15) is 5.76 Å². The summed E-state index contributed by atoms with van der Waals surface area (Å²) in [6, 6.07) is 3.87. The molecule has 2 rings (SSSR count). The Bertz CT molecular complexity index is 365. The first-order valence-electron chi connectivity index (χ1n) is 5.84. The van der Waals surface area contributed by atoms with Crippen LogP contribution in [0.2, 0.25) is 0 Å². The van der Waals surface area contributed by atoms with Gasteiger partial charge in [0, 0.05) is 25.6 Å². The molecule has 0 aliphatic carbocycles. The number of hydrogen-bond acceptors (Lipinski definition) is 3. The van der Waals surface area contributed by atoms with Gasteiger partial charge in [-0.2, -0.15) is 0 Å². The molecule has 0 saturated carbocycles. The van der Waals surface area contributed by atoms with Crippen LogP contribution in [0.25, 0.3) is 0 Å². The van der Waals surface area contributed by atoms with Crippen LogP contribution in [0.5, 0.6) is 0 Å². The van der Waals surface area contributed by atoms with E-state index < -0.39 is 0 Å². The van der Waals surface area contributed by atoms with Gasteiger partial charge in [-0.1, -0.05) is 6.92 Å². The molecule has 88 valence electrons. The number of carbonyl (C=O) groups is 1. The predicted octanol–water partition coefficient (Wildman–Crippen LogP) is 1.41. The standard InChI is InChI=1S/C12H18N2O2/c1-2-10-3-4-11(16-10)12(15)14-7-5-9(13)6-8-14/h3-4,9H,2,5-8,13H2,1H3. The molecule has 0 unspecified atom stereocenters. The summed E-state index contributed by atoms with van der Waals surface area (Å²) in [6.45, 7) is 3.48. The fraction of sp³-hybridized carbons (Fsp3) is 0.583. The summed E-state index contributed by atoms with van der Waals surface area (Å²) < 4.78 is 5.45. The van der Waals surface area contributed by atoms with Crippen molar-refractivity contribution in [3.63, 3.8) is 0 Å². The monoisotopic (exact) mass is 222 g/mol. The largest absolute Gasteiger partial charge is 0.456 e. The molecule has 0 aromatic carbocycles. The molecule has 4 nitrogen and oxygen atoms in total. The summed E-state index contributed by atoms with van der Waals surface area (Å²) in [7, 11) is 0. The van der Waals surface area contributed by atoms with E-state index in [4.69, 9.17) is 10.2 Å². The number of nitrogens with zero attached hydrogens (tertiary/aromatic N) is 1. The molecule has 1 amide bonds. The highest BCUT2D eigenvalue weighted by molar-refractivity contribution is 5.91. The van der Waals surface area contributed by atoms with Crippen LogP contribution in [0, 0.1) is 0 Å². The summed E-state index contributed by atoms with van der Waals surface area (Å²) in [5.41, 5.74) is 5.80. The van der Waals surface area contributed by atoms with Crippen LogP contribution < -0.4 is 5.73 Å². The van der Waals surface area contributed by atoms with Crippen molar-refractivity contribution in [1.29, 1.82) is 0 Å². The van der Waals surface area contributed by atoms with Crippen molar-refractivity contribution < 1.29 is 9.21 Å². The number of nitrogens with two attached hydrogens (primary N) is 1. The maximum Gasteiger partial charge on any atom is 0.289 e. The van der Waals surface area contributed by atoms with Crippen LogP contribution in [0.3, 0.4) is 0 Å². The molecule has 1 fully saturated rings. The van der Waals surface area contributed by atoms with E-state index in [0.717, 1.165) is 38.1 Å². The highest BCUT2D eigenvalue weighted by Crippen LogP contribution is 2.15. The van der Waals surface area contributed by atoms with Crippen molar-refractivity contribution in [3.05, 3.63) is 23.7 Å². The zero-order valence-corrected chi connectivity index (χ0v) is 9.61. The van der Waals surface area contributed by atoms with Gasteiger partial charge in [-0.25, -0.2) is 0 Å². The van der Waals surface area contributed by atoms with Crippen LogP contribution in [0.1, 0.15) is 36.1 Å². The van der Waals surface area contributed by atoms with Gasteiger partial charge >= 0.3 is 0 Å². The smallest absolute Gasteiger partial charge is 0.289 e. The first-order chi connectivity index (χ1) is 7.70. The molecule has 1 saturated heterocycles. The molecule has 1 aromatic rings. The molecule has 1 aliphatic rings. The van der Waals surface area contributed by atoms with E-state index in [2.05, 4.69) is 0 Å². The van der Waals surface area contributed by atoms with Crippen molar-refractivity contribution in [2.75, 3.05) is 13.1 Å². The minimum atomic E-state index is -0.00778. The number of aryl methyl sites for hydroxylation is 1. The fourth-order valence-corrected chi connectivity index (χ4v) is 1.94. The van der Waals surface area contributed by atoms with E-state index in [0.29, 0.717) is 5.76 Å². The second kappa shape index (κ2) is 4.70. The predicted molar refractivity (Wildman–Crippen MR) is 61.2 cm³/mol. The van der Waals surface area contributed by atoms with Crippen LogP contribution in [-0.4, -0.2) is 29.9 Å². The van der Waals surface area contributed by atoms with Gasteiger partial charge in [0.25, 0.3) is 5.91 Å². The number of hydrogen-bond donors (Lipinski definition) is 1. The Balaban J connectivity index is 2.01. The third-order valence-corrected chi connectivity index (χ3v) is 3.05. The van der Waals surface area contributed by atoms with E-state index in [1.807, 2.05) is 17.9 Å². The Labute approximate surface area is 95.4 Å². The third-order valence-electron chi connectivity index (χ3n) is 3.05. The molecule has 2 N–H and O–H groups in total. The molecule has 0 atom stereocenters. The number of carbonyl (C=O) groups excluding carboxylic acids is 1. The summed E-state index contributed by atoms with van der Waals surface area (Å²) >= 11 is 0. The zero-order valence-electron chi connectivity index (χ0n) is 9.61. The van der Waals surface area contributed by atoms with Gasteiger partial charge in [0.2, 0.25) is 0 Å². The minimum absolute atomic E-state index is 0.00778. The van der Waals surface area contributed by atoms with Gasteiger partial charge in [-0.15, -0.1) is 0 Å². The number of furan rings is 1. The lowest BCUT2D eigenvalue weighted by atomic mass is 10.1. The van der Waals surface area contributed by atoms with Crippen molar-refractivity contribution in [3.8, 4) is 0 Å². The summed E-state index contributed by atoms with van der Waals surface area (Å²) in [5.74, 6) is 1.30. The third kappa shape index (κ3) is 2.27. The summed E-state index contributed by atoms with van der Waals surface area (Å²) in [6.07, 6.45) is 2.58. The Morgan fingerprint density at radius 2 is 2.19 bits per heavy atom. The zero-order chi connectivity index (χ0) is 11.5. The molecular formula is C12H18N2O2. The van der Waals surface area contributed by atoms with E-state index in [1.54, 1.807) is 6.07 Å². The van der Waals surface area contributed by atoms with Crippen molar-refractivity contribution in [2.24, 2.45) is 5.73 Å².